The zero-order valence-corrected chi connectivity index (χ0v) is 7.59. The molecule has 1 fully saturated rings. The first-order valence-electron chi connectivity index (χ1n) is 4.16. The minimum Gasteiger partial charge on any atom is -0.496 e. The van der Waals surface area contributed by atoms with Gasteiger partial charge in [0.05, 0.1) is 6.61 Å². The topological polar surface area (TPSA) is 38.3 Å². The minimum atomic E-state index is 0.276. The average molecular weight is 169 g/mol. The fourth-order valence-corrected chi connectivity index (χ4v) is 1.13. The molecule has 0 aromatic carbocycles. The van der Waals surface area contributed by atoms with Gasteiger partial charge in [-0.25, -0.2) is 0 Å². The molecule has 0 spiro atoms. The van der Waals surface area contributed by atoms with Gasteiger partial charge in [-0.15, -0.1) is 0 Å². The van der Waals surface area contributed by atoms with Crippen molar-refractivity contribution in [3.8, 4) is 0 Å². The molecule has 1 N–H and O–H groups in total. The van der Waals surface area contributed by atoms with Crippen LogP contribution in [0, 0.1) is 5.41 Å². The van der Waals surface area contributed by atoms with Crippen molar-refractivity contribution in [1.29, 1.82) is 0 Å². The lowest BCUT2D eigenvalue weighted by Crippen LogP contribution is -2.24. The van der Waals surface area contributed by atoms with Crippen LogP contribution in [0.25, 0.3) is 0 Å². The van der Waals surface area contributed by atoms with Gasteiger partial charge in [0.15, 0.2) is 0 Å². The van der Waals surface area contributed by atoms with Crippen molar-refractivity contribution in [2.75, 3.05) is 6.61 Å². The molecule has 0 saturated carbocycles. The SMILES string of the molecule is CC1(C)CC/C(=C/NC=O)OC1. The molecule has 0 unspecified atom stereocenters. The number of allylic oxidation sites excluding steroid dienone is 1. The van der Waals surface area contributed by atoms with E-state index in [4.69, 9.17) is 4.74 Å². The molecule has 0 aliphatic carbocycles. The molecule has 1 heterocycles. The van der Waals surface area contributed by atoms with Crippen molar-refractivity contribution in [2.24, 2.45) is 5.41 Å². The second-order valence-corrected chi connectivity index (χ2v) is 3.85. The van der Waals surface area contributed by atoms with E-state index >= 15 is 0 Å². The summed E-state index contributed by atoms with van der Waals surface area (Å²) in [6.45, 7) is 5.09. The maximum absolute atomic E-state index is 9.96. The van der Waals surface area contributed by atoms with Crippen LogP contribution in [0.3, 0.4) is 0 Å². The number of ether oxygens (including phenoxy) is 1. The molecule has 3 heteroatoms. The molecular weight excluding hydrogens is 154 g/mol. The highest BCUT2D eigenvalue weighted by Crippen LogP contribution is 2.30. The number of rotatable bonds is 2. The van der Waals surface area contributed by atoms with Gasteiger partial charge >= 0.3 is 0 Å². The van der Waals surface area contributed by atoms with Gasteiger partial charge in [0.1, 0.15) is 5.76 Å². The van der Waals surface area contributed by atoms with Crippen molar-refractivity contribution in [2.45, 2.75) is 26.7 Å². The molecule has 0 aromatic heterocycles. The summed E-state index contributed by atoms with van der Waals surface area (Å²) in [6, 6.07) is 0. The Morgan fingerprint density at radius 3 is 2.83 bits per heavy atom. The van der Waals surface area contributed by atoms with E-state index in [9.17, 15) is 4.79 Å². The molecule has 1 aliphatic rings. The third kappa shape index (κ3) is 2.57. The number of hydrogen-bond donors (Lipinski definition) is 1. The Kier molecular flexibility index (Phi) is 2.74. The van der Waals surface area contributed by atoms with E-state index < -0.39 is 0 Å². The summed E-state index contributed by atoms with van der Waals surface area (Å²) >= 11 is 0. The largest absolute Gasteiger partial charge is 0.496 e. The fraction of sp³-hybridized carbons (Fsp3) is 0.667. The summed E-state index contributed by atoms with van der Waals surface area (Å²) in [5, 5.41) is 2.48. The van der Waals surface area contributed by atoms with Gasteiger partial charge in [0.2, 0.25) is 6.41 Å². The van der Waals surface area contributed by atoms with Crippen LogP contribution in [0.15, 0.2) is 12.0 Å². The number of nitrogens with one attached hydrogen (secondary N) is 1. The Morgan fingerprint density at radius 1 is 1.58 bits per heavy atom. The predicted molar refractivity (Wildman–Crippen MR) is 46.2 cm³/mol. The standard InChI is InChI=1S/C9H15NO2/c1-9(2)4-3-8(12-6-9)5-10-7-11/h5,7H,3-4,6H2,1-2H3,(H,10,11)/b8-5-. The minimum absolute atomic E-state index is 0.276. The molecule has 68 valence electrons. The van der Waals surface area contributed by atoms with E-state index in [-0.39, 0.29) is 5.41 Å². The summed E-state index contributed by atoms with van der Waals surface area (Å²) in [5.41, 5.74) is 0.276. The quantitative estimate of drug-likeness (QED) is 0.635. The first kappa shape index (κ1) is 9.10. The molecule has 12 heavy (non-hydrogen) atoms. The number of carbonyl (C=O) groups excluding carboxylic acids is 1. The fourth-order valence-electron chi connectivity index (χ4n) is 1.13. The average Bonchev–Trinajstić information content (AvgIpc) is 2.03. The van der Waals surface area contributed by atoms with Crippen molar-refractivity contribution >= 4 is 6.41 Å². The van der Waals surface area contributed by atoms with E-state index in [2.05, 4.69) is 19.2 Å². The van der Waals surface area contributed by atoms with Crippen molar-refractivity contribution < 1.29 is 9.53 Å². The maximum Gasteiger partial charge on any atom is 0.211 e. The van der Waals surface area contributed by atoms with Crippen LogP contribution in [-0.2, 0) is 9.53 Å². The van der Waals surface area contributed by atoms with Crippen LogP contribution in [0.4, 0.5) is 0 Å². The van der Waals surface area contributed by atoms with E-state index in [1.54, 1.807) is 6.20 Å². The molecular formula is C9H15NO2. The first-order chi connectivity index (χ1) is 5.64. The Balaban J connectivity index is 2.40. The normalized spacial score (nSPS) is 24.7. The van der Waals surface area contributed by atoms with Gasteiger partial charge in [-0.2, -0.15) is 0 Å². The van der Waals surface area contributed by atoms with Crippen molar-refractivity contribution in [1.82, 2.24) is 5.32 Å². The second kappa shape index (κ2) is 3.61. The summed E-state index contributed by atoms with van der Waals surface area (Å²) in [5.74, 6) is 0.876. The van der Waals surface area contributed by atoms with Crippen molar-refractivity contribution in [3.05, 3.63) is 12.0 Å². The summed E-state index contributed by atoms with van der Waals surface area (Å²) < 4.78 is 5.44. The molecule has 1 saturated heterocycles. The lowest BCUT2D eigenvalue weighted by Gasteiger charge is -2.30. The Labute approximate surface area is 72.8 Å². The van der Waals surface area contributed by atoms with Crippen LogP contribution >= 0.6 is 0 Å². The van der Waals surface area contributed by atoms with E-state index in [1.807, 2.05) is 0 Å². The third-order valence-corrected chi connectivity index (χ3v) is 2.01. The molecule has 0 aromatic rings. The molecule has 0 atom stereocenters. The third-order valence-electron chi connectivity index (χ3n) is 2.01. The van der Waals surface area contributed by atoms with E-state index in [0.717, 1.165) is 25.2 Å². The number of carbonyl (C=O) groups is 1. The lowest BCUT2D eigenvalue weighted by molar-refractivity contribution is -0.108. The molecule has 1 rings (SSSR count). The highest BCUT2D eigenvalue weighted by Gasteiger charge is 2.24. The summed E-state index contributed by atoms with van der Waals surface area (Å²) in [7, 11) is 0. The molecule has 1 aliphatic heterocycles. The lowest BCUT2D eigenvalue weighted by atomic mass is 9.87. The molecule has 0 radical (unpaired) electrons. The van der Waals surface area contributed by atoms with Gasteiger partial charge in [0.25, 0.3) is 0 Å². The smallest absolute Gasteiger partial charge is 0.211 e. The summed E-state index contributed by atoms with van der Waals surface area (Å²) in [4.78, 5) is 9.96. The zero-order chi connectivity index (χ0) is 9.03. The van der Waals surface area contributed by atoms with Gasteiger partial charge in [0, 0.05) is 12.6 Å². The highest BCUT2D eigenvalue weighted by molar-refractivity contribution is 5.47. The maximum atomic E-state index is 9.96. The van der Waals surface area contributed by atoms with E-state index in [0.29, 0.717) is 6.41 Å². The Hall–Kier alpha value is -0.990. The van der Waals surface area contributed by atoms with Crippen LogP contribution in [0.5, 0.6) is 0 Å². The van der Waals surface area contributed by atoms with Gasteiger partial charge in [-0.3, -0.25) is 4.79 Å². The van der Waals surface area contributed by atoms with Crippen molar-refractivity contribution in [3.63, 3.8) is 0 Å². The first-order valence-corrected chi connectivity index (χ1v) is 4.16. The zero-order valence-electron chi connectivity index (χ0n) is 7.59. The van der Waals surface area contributed by atoms with Gasteiger partial charge < -0.3 is 10.1 Å². The molecule has 1 amide bonds. The highest BCUT2D eigenvalue weighted by atomic mass is 16.5. The molecule has 3 nitrogen and oxygen atoms in total. The van der Waals surface area contributed by atoms with Crippen LogP contribution in [0.2, 0.25) is 0 Å². The molecule has 0 bridgehead atoms. The van der Waals surface area contributed by atoms with Crippen LogP contribution in [-0.4, -0.2) is 13.0 Å². The number of amides is 1. The summed E-state index contributed by atoms with van der Waals surface area (Å²) in [6.07, 6.45) is 4.30. The Bertz CT molecular complexity index is 185. The van der Waals surface area contributed by atoms with Gasteiger partial charge in [-0.05, 0) is 11.8 Å². The predicted octanol–water partition coefficient (Wildman–Crippen LogP) is 1.41. The van der Waals surface area contributed by atoms with Gasteiger partial charge in [-0.1, -0.05) is 13.8 Å². The van der Waals surface area contributed by atoms with E-state index in [1.165, 1.54) is 0 Å². The van der Waals surface area contributed by atoms with Crippen LogP contribution in [0.1, 0.15) is 26.7 Å². The second-order valence-electron chi connectivity index (χ2n) is 3.85. The van der Waals surface area contributed by atoms with Crippen LogP contribution < -0.4 is 5.32 Å². The Morgan fingerprint density at radius 2 is 2.33 bits per heavy atom. The number of hydrogen-bond acceptors (Lipinski definition) is 2. The monoisotopic (exact) mass is 169 g/mol.